The molecule has 1 unspecified atom stereocenters. The zero-order chi connectivity index (χ0) is 14.5. The zero-order valence-electron chi connectivity index (χ0n) is 12.1. The summed E-state index contributed by atoms with van der Waals surface area (Å²) in [6, 6.07) is 16.2. The molecule has 0 amide bonds. The molecule has 0 saturated carbocycles. The van der Waals surface area contributed by atoms with E-state index in [1.165, 1.54) is 5.56 Å². The van der Waals surface area contributed by atoms with E-state index in [1.54, 1.807) is 6.20 Å². The predicted molar refractivity (Wildman–Crippen MR) is 82.1 cm³/mol. The first kappa shape index (κ1) is 14.2. The molecule has 0 bridgehead atoms. The van der Waals surface area contributed by atoms with E-state index in [4.69, 9.17) is 4.74 Å². The quantitative estimate of drug-likeness (QED) is 0.938. The van der Waals surface area contributed by atoms with E-state index in [9.17, 15) is 5.11 Å². The topological polar surface area (TPSA) is 42.4 Å². The van der Waals surface area contributed by atoms with E-state index in [-0.39, 0.29) is 5.41 Å². The molecule has 0 radical (unpaired) electrons. The molecular formula is C18H21NO2. The molecule has 2 aromatic rings. The van der Waals surface area contributed by atoms with Gasteiger partial charge in [-0.25, -0.2) is 0 Å². The third-order valence-corrected chi connectivity index (χ3v) is 4.50. The van der Waals surface area contributed by atoms with Crippen LogP contribution in [0.4, 0.5) is 0 Å². The predicted octanol–water partition coefficient (Wildman–Crippen LogP) is 2.73. The largest absolute Gasteiger partial charge is 0.392 e. The fraction of sp³-hybridized carbons (Fsp3) is 0.389. The van der Waals surface area contributed by atoms with Crippen LogP contribution in [0.25, 0.3) is 0 Å². The molecule has 110 valence electrons. The number of aliphatic hydroxyl groups excluding tert-OH is 1. The summed E-state index contributed by atoms with van der Waals surface area (Å²) in [5.41, 5.74) is 1.92. The normalized spacial score (nSPS) is 19.1. The van der Waals surface area contributed by atoms with Crippen molar-refractivity contribution >= 4 is 0 Å². The number of nitrogens with zero attached hydrogens (tertiary/aromatic N) is 1. The van der Waals surface area contributed by atoms with Crippen molar-refractivity contribution in [1.29, 1.82) is 0 Å². The number of aliphatic hydroxyl groups is 1. The lowest BCUT2D eigenvalue weighted by Gasteiger charge is -2.41. The van der Waals surface area contributed by atoms with Gasteiger partial charge in [0.2, 0.25) is 0 Å². The van der Waals surface area contributed by atoms with Crippen LogP contribution in [0.3, 0.4) is 0 Å². The van der Waals surface area contributed by atoms with Crippen molar-refractivity contribution in [3.8, 4) is 0 Å². The summed E-state index contributed by atoms with van der Waals surface area (Å²) in [5, 5.41) is 10.9. The van der Waals surface area contributed by atoms with Crippen LogP contribution < -0.4 is 0 Å². The van der Waals surface area contributed by atoms with E-state index >= 15 is 0 Å². The molecule has 1 fully saturated rings. The number of benzene rings is 1. The van der Waals surface area contributed by atoms with Gasteiger partial charge in [-0.15, -0.1) is 0 Å². The van der Waals surface area contributed by atoms with Gasteiger partial charge >= 0.3 is 0 Å². The summed E-state index contributed by atoms with van der Waals surface area (Å²) in [5.74, 6) is 0. The van der Waals surface area contributed by atoms with Crippen LogP contribution in [-0.2, 0) is 16.6 Å². The van der Waals surface area contributed by atoms with E-state index in [2.05, 4.69) is 17.1 Å². The molecule has 3 nitrogen and oxygen atoms in total. The second-order valence-corrected chi connectivity index (χ2v) is 5.68. The zero-order valence-corrected chi connectivity index (χ0v) is 12.1. The molecule has 1 aliphatic heterocycles. The van der Waals surface area contributed by atoms with E-state index in [0.717, 1.165) is 18.5 Å². The third-order valence-electron chi connectivity index (χ3n) is 4.50. The van der Waals surface area contributed by atoms with Crippen LogP contribution in [-0.4, -0.2) is 29.4 Å². The molecule has 0 aliphatic carbocycles. The van der Waals surface area contributed by atoms with Gasteiger partial charge in [0.25, 0.3) is 0 Å². The second-order valence-electron chi connectivity index (χ2n) is 5.68. The Morgan fingerprint density at radius 1 is 1.05 bits per heavy atom. The standard InChI is InChI=1S/C18H21NO2/c20-17(14-16-8-4-5-11-19-16)18(9-12-21-13-10-18)15-6-2-1-3-7-15/h1-8,11,17,20H,9-10,12-14H2. The highest BCUT2D eigenvalue weighted by Crippen LogP contribution is 2.39. The molecule has 1 atom stereocenters. The third kappa shape index (κ3) is 2.99. The SMILES string of the molecule is OC(Cc1ccccn1)C1(c2ccccc2)CCOCC1. The molecule has 3 rings (SSSR count). The minimum atomic E-state index is -0.446. The van der Waals surface area contributed by atoms with Gasteiger partial charge in [0.05, 0.1) is 6.10 Å². The molecule has 1 aromatic heterocycles. The average molecular weight is 283 g/mol. The molecule has 1 aromatic carbocycles. The smallest absolute Gasteiger partial charge is 0.0693 e. The van der Waals surface area contributed by atoms with Crippen LogP contribution in [0, 0.1) is 0 Å². The maximum Gasteiger partial charge on any atom is 0.0693 e. The second kappa shape index (κ2) is 6.37. The van der Waals surface area contributed by atoms with E-state index in [1.807, 2.05) is 36.4 Å². The fourth-order valence-electron chi connectivity index (χ4n) is 3.23. The highest BCUT2D eigenvalue weighted by molar-refractivity contribution is 5.28. The Balaban J connectivity index is 1.88. The molecular weight excluding hydrogens is 262 g/mol. The van der Waals surface area contributed by atoms with E-state index in [0.29, 0.717) is 19.6 Å². The number of hydrogen-bond donors (Lipinski definition) is 1. The van der Waals surface area contributed by atoms with Crippen molar-refractivity contribution in [3.05, 3.63) is 66.0 Å². The summed E-state index contributed by atoms with van der Waals surface area (Å²) in [7, 11) is 0. The van der Waals surface area contributed by atoms with E-state index < -0.39 is 6.10 Å². The molecule has 2 heterocycles. The molecule has 1 N–H and O–H groups in total. The van der Waals surface area contributed by atoms with Crippen LogP contribution in [0.15, 0.2) is 54.7 Å². The lowest BCUT2D eigenvalue weighted by atomic mass is 9.69. The number of pyridine rings is 1. The minimum Gasteiger partial charge on any atom is -0.392 e. The van der Waals surface area contributed by atoms with Crippen LogP contribution in [0.2, 0.25) is 0 Å². The summed E-state index contributed by atoms with van der Waals surface area (Å²) in [4.78, 5) is 4.35. The number of hydrogen-bond acceptors (Lipinski definition) is 3. The lowest BCUT2D eigenvalue weighted by Crippen LogP contribution is -2.45. The van der Waals surface area contributed by atoms with Gasteiger partial charge in [-0.05, 0) is 30.5 Å². The molecule has 1 aliphatic rings. The Kier molecular flexibility index (Phi) is 4.32. The minimum absolute atomic E-state index is 0.225. The van der Waals surface area contributed by atoms with Crippen molar-refractivity contribution in [2.45, 2.75) is 30.8 Å². The summed E-state index contributed by atoms with van der Waals surface area (Å²) >= 11 is 0. The summed E-state index contributed by atoms with van der Waals surface area (Å²) in [6.45, 7) is 1.41. The highest BCUT2D eigenvalue weighted by atomic mass is 16.5. The van der Waals surface area contributed by atoms with Crippen molar-refractivity contribution in [2.75, 3.05) is 13.2 Å². The van der Waals surface area contributed by atoms with Gasteiger partial charge in [-0.1, -0.05) is 36.4 Å². The number of aromatic nitrogens is 1. The van der Waals surface area contributed by atoms with Gasteiger partial charge in [-0.3, -0.25) is 4.98 Å². The maximum absolute atomic E-state index is 10.9. The molecule has 1 saturated heterocycles. The first-order chi connectivity index (χ1) is 10.3. The summed E-state index contributed by atoms with van der Waals surface area (Å²) < 4.78 is 5.52. The van der Waals surface area contributed by atoms with Gasteiger partial charge in [0.1, 0.15) is 0 Å². The Morgan fingerprint density at radius 2 is 1.76 bits per heavy atom. The highest BCUT2D eigenvalue weighted by Gasteiger charge is 2.41. The average Bonchev–Trinajstić information content (AvgIpc) is 2.57. The lowest BCUT2D eigenvalue weighted by molar-refractivity contribution is -0.0157. The summed E-state index contributed by atoms with van der Waals surface area (Å²) in [6.07, 6.45) is 3.62. The maximum atomic E-state index is 10.9. The van der Waals surface area contributed by atoms with Crippen molar-refractivity contribution < 1.29 is 9.84 Å². The van der Waals surface area contributed by atoms with Crippen LogP contribution in [0.5, 0.6) is 0 Å². The van der Waals surface area contributed by atoms with Crippen molar-refractivity contribution in [2.24, 2.45) is 0 Å². The van der Waals surface area contributed by atoms with Crippen molar-refractivity contribution in [1.82, 2.24) is 4.98 Å². The van der Waals surface area contributed by atoms with Crippen LogP contribution in [0.1, 0.15) is 24.1 Å². The first-order valence-electron chi connectivity index (χ1n) is 7.52. The molecule has 0 spiro atoms. The van der Waals surface area contributed by atoms with Crippen molar-refractivity contribution in [3.63, 3.8) is 0 Å². The Labute approximate surface area is 125 Å². The van der Waals surface area contributed by atoms with Gasteiger partial charge in [-0.2, -0.15) is 0 Å². The van der Waals surface area contributed by atoms with Crippen LogP contribution >= 0.6 is 0 Å². The van der Waals surface area contributed by atoms with Gasteiger partial charge < -0.3 is 9.84 Å². The fourth-order valence-corrected chi connectivity index (χ4v) is 3.23. The molecule has 3 heteroatoms. The Hall–Kier alpha value is -1.71. The van der Waals surface area contributed by atoms with Gasteiger partial charge in [0, 0.05) is 36.9 Å². The first-order valence-corrected chi connectivity index (χ1v) is 7.52. The Bertz CT molecular complexity index is 550. The number of rotatable bonds is 4. The van der Waals surface area contributed by atoms with Gasteiger partial charge in [0.15, 0.2) is 0 Å². The monoisotopic (exact) mass is 283 g/mol. The molecule has 21 heavy (non-hydrogen) atoms. The Morgan fingerprint density at radius 3 is 2.43 bits per heavy atom. The number of ether oxygens (including phenoxy) is 1.